The first-order chi connectivity index (χ1) is 10.1. The van der Waals surface area contributed by atoms with E-state index in [-0.39, 0.29) is 40.3 Å². The van der Waals surface area contributed by atoms with Gasteiger partial charge in [0.15, 0.2) is 0 Å². The maximum Gasteiger partial charge on any atom is 0.315 e. The van der Waals surface area contributed by atoms with Gasteiger partial charge in [0, 0.05) is 34.2 Å². The van der Waals surface area contributed by atoms with E-state index in [1.807, 2.05) is 0 Å². The molecule has 4 N–H and O–H groups in total. The Hall–Kier alpha value is -0.810. The quantitative estimate of drug-likeness (QED) is 0.550. The third-order valence-corrected chi connectivity index (χ3v) is 6.02. The monoisotopic (exact) mass is 306 g/mol. The van der Waals surface area contributed by atoms with Crippen LogP contribution in [0.2, 0.25) is 0 Å². The molecule has 5 fully saturated rings. The lowest BCUT2D eigenvalue weighted by Gasteiger charge is -2.67. The molecule has 0 aromatic rings. The minimum Gasteiger partial charge on any atom is -0.335 e. The molecule has 0 aromatic heterocycles. The van der Waals surface area contributed by atoms with Gasteiger partial charge in [0.2, 0.25) is 0 Å². The van der Waals surface area contributed by atoms with E-state index < -0.39 is 0 Å². The highest BCUT2D eigenvalue weighted by molar-refractivity contribution is 5.74. The number of carbonyl (C=O) groups is 1. The Morgan fingerprint density at radius 3 is 1.59 bits per heavy atom. The highest BCUT2D eigenvalue weighted by Gasteiger charge is 2.61. The van der Waals surface area contributed by atoms with Crippen molar-refractivity contribution in [2.75, 3.05) is 0 Å². The molecule has 1 aliphatic carbocycles. The summed E-state index contributed by atoms with van der Waals surface area (Å²) >= 11 is 0. The maximum atomic E-state index is 12.4. The Bertz CT molecular complexity index is 465. The number of hydrogen-bond donors (Lipinski definition) is 4. The van der Waals surface area contributed by atoms with Gasteiger partial charge in [0.05, 0.1) is 0 Å². The normalized spacial score (nSPS) is 48.5. The van der Waals surface area contributed by atoms with E-state index in [0.29, 0.717) is 0 Å². The van der Waals surface area contributed by atoms with Crippen LogP contribution in [-0.4, -0.2) is 40.3 Å². The highest BCUT2D eigenvalue weighted by Crippen LogP contribution is 2.53. The van der Waals surface area contributed by atoms with E-state index in [1.165, 1.54) is 12.8 Å². The van der Waals surface area contributed by atoms with Gasteiger partial charge >= 0.3 is 6.03 Å². The molecule has 2 unspecified atom stereocenters. The minimum atomic E-state index is 0.0250. The largest absolute Gasteiger partial charge is 0.335 e. The number of piperidine rings is 2. The van der Waals surface area contributed by atoms with Crippen LogP contribution in [-0.2, 0) is 0 Å². The van der Waals surface area contributed by atoms with Gasteiger partial charge in [-0.15, -0.1) is 0 Å². The number of nitrogens with one attached hydrogen (secondary N) is 4. The molecule has 5 aliphatic rings. The number of fused-ring (bicyclic) bond motifs is 2. The Morgan fingerprint density at radius 2 is 1.18 bits per heavy atom. The minimum absolute atomic E-state index is 0.0250. The molecular formula is C17H30N4O. The third kappa shape index (κ3) is 2.42. The number of hydrogen-bond acceptors (Lipinski definition) is 3. The van der Waals surface area contributed by atoms with Crippen molar-refractivity contribution >= 4 is 6.03 Å². The first-order valence-electron chi connectivity index (χ1n) is 8.74. The Labute approximate surface area is 133 Å². The Kier molecular flexibility index (Phi) is 2.80. The van der Waals surface area contributed by atoms with E-state index in [0.717, 1.165) is 25.7 Å². The number of urea groups is 1. The van der Waals surface area contributed by atoms with E-state index in [4.69, 9.17) is 0 Å². The summed E-state index contributed by atoms with van der Waals surface area (Å²) in [5.41, 5.74) is 0.561. The molecule has 0 radical (unpaired) electrons. The molecule has 4 heterocycles. The highest BCUT2D eigenvalue weighted by atomic mass is 16.2. The summed E-state index contributed by atoms with van der Waals surface area (Å²) in [6.07, 6.45) is 6.46. The lowest BCUT2D eigenvalue weighted by molar-refractivity contribution is -0.0582. The van der Waals surface area contributed by atoms with Crippen molar-refractivity contribution in [3.05, 3.63) is 0 Å². The summed E-state index contributed by atoms with van der Waals surface area (Å²) in [7, 11) is 0. The average molecular weight is 306 g/mol. The second kappa shape index (κ2) is 4.18. The topological polar surface area (TPSA) is 65.2 Å². The van der Waals surface area contributed by atoms with Crippen LogP contribution in [0.25, 0.3) is 0 Å². The van der Waals surface area contributed by atoms with Crippen LogP contribution in [0.3, 0.4) is 0 Å². The fourth-order valence-electron chi connectivity index (χ4n) is 6.29. The molecule has 2 amide bonds. The summed E-state index contributed by atoms with van der Waals surface area (Å²) in [6, 6.07) is 0.581. The van der Waals surface area contributed by atoms with Crippen LogP contribution in [0, 0.1) is 0 Å². The molecule has 4 bridgehead atoms. The van der Waals surface area contributed by atoms with Crippen LogP contribution < -0.4 is 21.3 Å². The van der Waals surface area contributed by atoms with Crippen LogP contribution in [0.5, 0.6) is 0 Å². The predicted molar refractivity (Wildman–Crippen MR) is 86.8 cm³/mol. The van der Waals surface area contributed by atoms with Gasteiger partial charge in [-0.3, -0.25) is 0 Å². The molecular weight excluding hydrogens is 276 g/mol. The molecule has 2 spiro atoms. The molecule has 2 atom stereocenters. The first kappa shape index (κ1) is 14.8. The number of carbonyl (C=O) groups excluding carboxylic acids is 1. The van der Waals surface area contributed by atoms with E-state index >= 15 is 0 Å². The van der Waals surface area contributed by atoms with E-state index in [2.05, 4.69) is 49.0 Å². The smallest absolute Gasteiger partial charge is 0.315 e. The fourth-order valence-corrected chi connectivity index (χ4v) is 6.29. The third-order valence-electron chi connectivity index (χ3n) is 6.02. The molecule has 4 aliphatic heterocycles. The van der Waals surface area contributed by atoms with Gasteiger partial charge in [-0.1, -0.05) is 0 Å². The zero-order valence-electron chi connectivity index (χ0n) is 14.3. The van der Waals surface area contributed by atoms with Crippen molar-refractivity contribution in [2.45, 2.75) is 100 Å². The average Bonchev–Trinajstić information content (AvgIpc) is 2.19. The molecule has 5 rings (SSSR count). The van der Waals surface area contributed by atoms with Gasteiger partial charge in [0.1, 0.15) is 0 Å². The van der Waals surface area contributed by atoms with E-state index in [1.54, 1.807) is 0 Å². The van der Waals surface area contributed by atoms with Crippen LogP contribution >= 0.6 is 0 Å². The summed E-state index contributed by atoms with van der Waals surface area (Å²) in [5, 5.41) is 14.3. The summed E-state index contributed by atoms with van der Waals surface area (Å²) in [5.74, 6) is 0. The van der Waals surface area contributed by atoms with Crippen LogP contribution in [0.1, 0.15) is 66.2 Å². The van der Waals surface area contributed by atoms with Gasteiger partial charge in [-0.05, 0) is 66.2 Å². The zero-order valence-corrected chi connectivity index (χ0v) is 14.3. The van der Waals surface area contributed by atoms with Gasteiger partial charge in [-0.2, -0.15) is 0 Å². The van der Waals surface area contributed by atoms with Crippen molar-refractivity contribution in [1.82, 2.24) is 21.3 Å². The summed E-state index contributed by atoms with van der Waals surface area (Å²) < 4.78 is 0. The number of rotatable bonds is 0. The van der Waals surface area contributed by atoms with Crippen molar-refractivity contribution in [3.8, 4) is 0 Å². The van der Waals surface area contributed by atoms with Crippen molar-refractivity contribution in [2.24, 2.45) is 0 Å². The zero-order chi connectivity index (χ0) is 15.8. The SMILES string of the molecule is CC1(C)CC2CC3(CC4(CC(CC(C)(C)N4)NC(=O)N2)C3)N1. The second-order valence-electron chi connectivity index (χ2n) is 9.76. The molecule has 5 heteroatoms. The maximum absolute atomic E-state index is 12.4. The molecule has 124 valence electrons. The van der Waals surface area contributed by atoms with Gasteiger partial charge in [0.25, 0.3) is 0 Å². The van der Waals surface area contributed by atoms with Crippen molar-refractivity contribution < 1.29 is 4.79 Å². The molecule has 0 aromatic carbocycles. The molecule has 4 saturated heterocycles. The van der Waals surface area contributed by atoms with Crippen LogP contribution in [0.15, 0.2) is 0 Å². The lowest BCUT2D eigenvalue weighted by Crippen LogP contribution is -2.81. The van der Waals surface area contributed by atoms with Gasteiger partial charge < -0.3 is 21.3 Å². The Morgan fingerprint density at radius 1 is 0.773 bits per heavy atom. The van der Waals surface area contributed by atoms with Crippen molar-refractivity contribution in [3.63, 3.8) is 0 Å². The fraction of sp³-hybridized carbons (Fsp3) is 0.941. The lowest BCUT2D eigenvalue weighted by atomic mass is 9.53. The summed E-state index contributed by atoms with van der Waals surface area (Å²) in [6.45, 7) is 9.05. The van der Waals surface area contributed by atoms with Crippen molar-refractivity contribution in [1.29, 1.82) is 0 Å². The van der Waals surface area contributed by atoms with E-state index in [9.17, 15) is 4.79 Å². The molecule has 22 heavy (non-hydrogen) atoms. The first-order valence-corrected chi connectivity index (χ1v) is 8.74. The molecule has 1 saturated carbocycles. The standard InChI is InChI=1S/C17H30N4O/c1-14(2)5-11-7-16(20-14)9-17(10-16)8-12(19-13(22)18-11)6-15(3,4)21-17/h11-12,20-21H,5-10H2,1-4H3,(H2,18,19,22). The molecule has 5 nitrogen and oxygen atoms in total. The van der Waals surface area contributed by atoms with Gasteiger partial charge in [-0.25, -0.2) is 4.79 Å². The summed E-state index contributed by atoms with van der Waals surface area (Å²) in [4.78, 5) is 12.4. The Balaban J connectivity index is 1.66. The second-order valence-corrected chi connectivity index (χ2v) is 9.76. The van der Waals surface area contributed by atoms with Crippen LogP contribution in [0.4, 0.5) is 4.79 Å². The predicted octanol–water partition coefficient (Wildman–Crippen LogP) is 1.63. The number of amides is 2.